The first-order valence-electron chi connectivity index (χ1n) is 9.16. The highest BCUT2D eigenvalue weighted by Gasteiger charge is 2.25. The van der Waals surface area contributed by atoms with Crippen LogP contribution in [0, 0.1) is 0 Å². The van der Waals surface area contributed by atoms with Crippen LogP contribution in [0.1, 0.15) is 22.1 Å². The lowest BCUT2D eigenvalue weighted by Gasteiger charge is -2.35. The summed E-state index contributed by atoms with van der Waals surface area (Å²) in [4.78, 5) is 16.0. The van der Waals surface area contributed by atoms with Gasteiger partial charge in [0.1, 0.15) is 0 Å². The number of aromatic amines is 1. The second kappa shape index (κ2) is 8.87. The third kappa shape index (κ3) is 4.28. The van der Waals surface area contributed by atoms with Crippen LogP contribution in [0.15, 0.2) is 47.8 Å². The molecule has 1 fully saturated rings. The van der Waals surface area contributed by atoms with Gasteiger partial charge in [-0.15, -0.1) is 11.3 Å². The van der Waals surface area contributed by atoms with Gasteiger partial charge in [-0.2, -0.15) is 5.10 Å². The molecule has 6 nitrogen and oxygen atoms in total. The van der Waals surface area contributed by atoms with Gasteiger partial charge in [-0.25, -0.2) is 0 Å². The summed E-state index contributed by atoms with van der Waals surface area (Å²) in [7, 11) is 0. The Morgan fingerprint density at radius 1 is 1.29 bits per heavy atom. The number of morpholine rings is 1. The number of nitrogens with one attached hydrogen (secondary N) is 2. The van der Waals surface area contributed by atoms with Crippen LogP contribution in [0.2, 0.25) is 5.02 Å². The van der Waals surface area contributed by atoms with Crippen molar-refractivity contribution in [2.24, 2.45) is 0 Å². The minimum absolute atomic E-state index is 0.0164. The molecule has 0 radical (unpaired) electrons. The molecule has 3 heterocycles. The number of aromatic nitrogens is 2. The van der Waals surface area contributed by atoms with Gasteiger partial charge >= 0.3 is 0 Å². The molecule has 28 heavy (non-hydrogen) atoms. The Balaban J connectivity index is 1.48. The monoisotopic (exact) mass is 416 g/mol. The van der Waals surface area contributed by atoms with Gasteiger partial charge in [-0.05, 0) is 29.1 Å². The average molecular weight is 417 g/mol. The topological polar surface area (TPSA) is 70.2 Å². The summed E-state index contributed by atoms with van der Waals surface area (Å²) in [5, 5.41) is 12.8. The summed E-state index contributed by atoms with van der Waals surface area (Å²) >= 11 is 8.04. The zero-order valence-electron chi connectivity index (χ0n) is 15.2. The van der Waals surface area contributed by atoms with Gasteiger partial charge in [-0.1, -0.05) is 35.9 Å². The van der Waals surface area contributed by atoms with Gasteiger partial charge in [0.15, 0.2) is 5.69 Å². The highest BCUT2D eigenvalue weighted by Crippen LogP contribution is 2.28. The van der Waals surface area contributed by atoms with Crippen LogP contribution in [0.25, 0.3) is 10.6 Å². The standard InChI is InChI=1S/C20H21ClN4O2S/c21-15-5-2-1-4-14(15)18(25-7-9-27-10-8-25)13-22-20(26)17-12-16(23-24-17)19-6-3-11-28-19/h1-6,11-12,18H,7-10,13H2,(H,22,26)(H,23,24). The van der Waals surface area contributed by atoms with Gasteiger partial charge in [0, 0.05) is 24.7 Å². The minimum Gasteiger partial charge on any atom is -0.379 e. The number of carbonyl (C=O) groups is 1. The van der Waals surface area contributed by atoms with E-state index in [1.54, 1.807) is 17.4 Å². The van der Waals surface area contributed by atoms with Crippen LogP contribution >= 0.6 is 22.9 Å². The van der Waals surface area contributed by atoms with E-state index in [1.165, 1.54) is 0 Å². The molecule has 1 unspecified atom stereocenters. The number of benzene rings is 1. The number of amides is 1. The van der Waals surface area contributed by atoms with Crippen LogP contribution in [0.4, 0.5) is 0 Å². The van der Waals surface area contributed by atoms with Gasteiger partial charge in [-0.3, -0.25) is 14.8 Å². The molecule has 0 saturated carbocycles. The lowest BCUT2D eigenvalue weighted by atomic mass is 10.0. The maximum atomic E-state index is 12.7. The molecule has 1 atom stereocenters. The van der Waals surface area contributed by atoms with E-state index in [1.807, 2.05) is 41.8 Å². The van der Waals surface area contributed by atoms with Crippen LogP contribution in [-0.2, 0) is 4.74 Å². The molecule has 146 valence electrons. The van der Waals surface area contributed by atoms with Gasteiger partial charge < -0.3 is 10.1 Å². The molecule has 2 N–H and O–H groups in total. The third-order valence-corrected chi connectivity index (χ3v) is 6.05. The lowest BCUT2D eigenvalue weighted by molar-refractivity contribution is 0.0162. The van der Waals surface area contributed by atoms with E-state index in [4.69, 9.17) is 16.3 Å². The summed E-state index contributed by atoms with van der Waals surface area (Å²) in [5.74, 6) is -0.204. The van der Waals surface area contributed by atoms with E-state index >= 15 is 0 Å². The SMILES string of the molecule is O=C(NCC(c1ccccc1Cl)N1CCOCC1)c1cc(-c2cccs2)[nH]n1. The number of nitrogens with zero attached hydrogens (tertiary/aromatic N) is 2. The molecule has 3 aromatic rings. The Bertz CT molecular complexity index is 922. The third-order valence-electron chi connectivity index (χ3n) is 4.80. The fourth-order valence-corrected chi connectivity index (χ4v) is 4.30. The van der Waals surface area contributed by atoms with Crippen molar-refractivity contribution in [3.05, 3.63) is 64.1 Å². The van der Waals surface area contributed by atoms with Crippen LogP contribution in [0.3, 0.4) is 0 Å². The normalized spacial score (nSPS) is 16.0. The van der Waals surface area contributed by atoms with Crippen LogP contribution in [0.5, 0.6) is 0 Å². The maximum absolute atomic E-state index is 12.7. The molecule has 2 aromatic heterocycles. The van der Waals surface area contributed by atoms with Crippen molar-refractivity contribution in [3.8, 4) is 10.6 Å². The number of H-pyrrole nitrogens is 1. The smallest absolute Gasteiger partial charge is 0.271 e. The minimum atomic E-state index is -0.204. The summed E-state index contributed by atoms with van der Waals surface area (Å²) in [6.07, 6.45) is 0. The van der Waals surface area contributed by atoms with E-state index in [-0.39, 0.29) is 11.9 Å². The molecular formula is C20H21ClN4O2S. The lowest BCUT2D eigenvalue weighted by Crippen LogP contribution is -2.44. The quantitative estimate of drug-likeness (QED) is 0.644. The highest BCUT2D eigenvalue weighted by atomic mass is 35.5. The van der Waals surface area contributed by atoms with E-state index in [0.29, 0.717) is 30.5 Å². The number of ether oxygens (including phenoxy) is 1. The Kier molecular flexibility index (Phi) is 6.07. The summed E-state index contributed by atoms with van der Waals surface area (Å²) in [6.45, 7) is 3.41. The number of hydrogen-bond donors (Lipinski definition) is 2. The van der Waals surface area contributed by atoms with Gasteiger partial charge in [0.05, 0.1) is 29.8 Å². The summed E-state index contributed by atoms with van der Waals surface area (Å²) in [6, 6.07) is 13.5. The zero-order chi connectivity index (χ0) is 19.3. The second-order valence-corrected chi connectivity index (χ2v) is 7.89. The molecular weight excluding hydrogens is 396 g/mol. The molecule has 1 saturated heterocycles. The first-order valence-corrected chi connectivity index (χ1v) is 10.4. The van der Waals surface area contributed by atoms with E-state index in [9.17, 15) is 4.79 Å². The molecule has 1 aromatic carbocycles. The predicted molar refractivity (Wildman–Crippen MR) is 111 cm³/mol. The number of thiophene rings is 1. The van der Waals surface area contributed by atoms with E-state index < -0.39 is 0 Å². The van der Waals surface area contributed by atoms with Gasteiger partial charge in [0.2, 0.25) is 0 Å². The molecule has 0 bridgehead atoms. The summed E-state index contributed by atoms with van der Waals surface area (Å²) < 4.78 is 5.47. The largest absolute Gasteiger partial charge is 0.379 e. The number of carbonyl (C=O) groups excluding carboxylic acids is 1. The Morgan fingerprint density at radius 2 is 2.11 bits per heavy atom. The molecule has 1 aliphatic heterocycles. The second-order valence-electron chi connectivity index (χ2n) is 6.54. The molecule has 0 spiro atoms. The average Bonchev–Trinajstić information content (AvgIpc) is 3.42. The number of rotatable bonds is 6. The first-order chi connectivity index (χ1) is 13.7. The Morgan fingerprint density at radius 3 is 2.86 bits per heavy atom. The van der Waals surface area contributed by atoms with Crippen LogP contribution in [-0.4, -0.2) is 53.9 Å². The molecule has 0 aliphatic carbocycles. The number of halogens is 1. The molecule has 1 aliphatic rings. The van der Waals surface area contributed by atoms with Gasteiger partial charge in [0.25, 0.3) is 5.91 Å². The van der Waals surface area contributed by atoms with Crippen molar-refractivity contribution in [1.29, 1.82) is 0 Å². The first kappa shape index (κ1) is 19.1. The van der Waals surface area contributed by atoms with Crippen molar-refractivity contribution in [2.75, 3.05) is 32.8 Å². The van der Waals surface area contributed by atoms with E-state index in [2.05, 4.69) is 20.4 Å². The Hall–Kier alpha value is -2.19. The summed E-state index contributed by atoms with van der Waals surface area (Å²) in [5.41, 5.74) is 2.23. The Labute approximate surface area is 172 Å². The molecule has 4 rings (SSSR count). The van der Waals surface area contributed by atoms with Crippen molar-refractivity contribution in [1.82, 2.24) is 20.4 Å². The zero-order valence-corrected chi connectivity index (χ0v) is 16.8. The van der Waals surface area contributed by atoms with Crippen molar-refractivity contribution in [2.45, 2.75) is 6.04 Å². The van der Waals surface area contributed by atoms with Crippen molar-refractivity contribution < 1.29 is 9.53 Å². The van der Waals surface area contributed by atoms with Crippen molar-refractivity contribution in [3.63, 3.8) is 0 Å². The fourth-order valence-electron chi connectivity index (χ4n) is 3.35. The highest BCUT2D eigenvalue weighted by molar-refractivity contribution is 7.13. The maximum Gasteiger partial charge on any atom is 0.271 e. The van der Waals surface area contributed by atoms with Crippen molar-refractivity contribution >= 4 is 28.8 Å². The fraction of sp³-hybridized carbons (Fsp3) is 0.300. The number of hydrogen-bond acceptors (Lipinski definition) is 5. The van der Waals surface area contributed by atoms with Crippen LogP contribution < -0.4 is 5.32 Å². The predicted octanol–water partition coefficient (Wildman–Crippen LogP) is 3.59. The molecule has 1 amide bonds. The van der Waals surface area contributed by atoms with E-state index in [0.717, 1.165) is 29.2 Å². The molecule has 8 heteroatoms.